The zero-order chi connectivity index (χ0) is 14.3. The lowest BCUT2D eigenvalue weighted by atomic mass is 10.1. The van der Waals surface area contributed by atoms with E-state index in [1.165, 1.54) is 4.57 Å². The molecule has 5 nitrogen and oxygen atoms in total. The maximum atomic E-state index is 12.5. The van der Waals surface area contributed by atoms with Crippen LogP contribution in [0.5, 0.6) is 0 Å². The average molecular weight is 271 g/mol. The van der Waals surface area contributed by atoms with Crippen LogP contribution in [0.4, 0.5) is 5.69 Å². The molecule has 1 amide bonds. The summed E-state index contributed by atoms with van der Waals surface area (Å²) in [4.78, 5) is 24.5. The molecule has 1 aromatic heterocycles. The maximum Gasteiger partial charge on any atom is 0.259 e. The van der Waals surface area contributed by atoms with Gasteiger partial charge in [0.05, 0.1) is 0 Å². The highest BCUT2D eigenvalue weighted by Gasteiger charge is 2.26. The number of nitrogen functional groups attached to an aromatic ring is 1. The summed E-state index contributed by atoms with van der Waals surface area (Å²) in [6.07, 6.45) is 3.70. The van der Waals surface area contributed by atoms with Gasteiger partial charge in [0, 0.05) is 28.7 Å². The minimum absolute atomic E-state index is 0.113. The quantitative estimate of drug-likeness (QED) is 0.829. The van der Waals surface area contributed by atoms with Crippen molar-refractivity contribution in [1.29, 1.82) is 0 Å². The number of nitrogens with two attached hydrogens (primary N) is 1. The van der Waals surface area contributed by atoms with Gasteiger partial charge in [-0.3, -0.25) is 9.59 Å². The summed E-state index contributed by atoms with van der Waals surface area (Å²) in [7, 11) is 0. The van der Waals surface area contributed by atoms with E-state index in [1.807, 2.05) is 0 Å². The summed E-state index contributed by atoms with van der Waals surface area (Å²) in [5.74, 6) is -0.113. The lowest BCUT2D eigenvalue weighted by Crippen LogP contribution is -2.36. The number of nitrogens with one attached hydrogen (secondary N) is 1. The third-order valence-electron chi connectivity index (χ3n) is 3.73. The van der Waals surface area contributed by atoms with Crippen LogP contribution in [-0.2, 0) is 4.79 Å². The van der Waals surface area contributed by atoms with Crippen LogP contribution in [0, 0.1) is 0 Å². The van der Waals surface area contributed by atoms with Gasteiger partial charge < -0.3 is 15.6 Å². The molecule has 0 unspecified atom stereocenters. The minimum atomic E-state index is -0.520. The standard InChI is InChI=1S/C15H17N3O2/c1-9(14(19)17-10-5-6-10)18-8-7-11-12(15(18)20)3-2-4-13(11)16/h2-4,7-10H,5-6,16H2,1H3,(H,17,19)/t9-/m1/s1. The van der Waals surface area contributed by atoms with Crippen LogP contribution in [-0.4, -0.2) is 16.5 Å². The zero-order valence-electron chi connectivity index (χ0n) is 11.3. The van der Waals surface area contributed by atoms with Gasteiger partial charge in [0.25, 0.3) is 5.56 Å². The highest BCUT2D eigenvalue weighted by molar-refractivity contribution is 5.92. The van der Waals surface area contributed by atoms with Gasteiger partial charge in [-0.1, -0.05) is 6.07 Å². The molecular formula is C15H17N3O2. The first-order valence-electron chi connectivity index (χ1n) is 6.77. The Morgan fingerprint density at radius 1 is 1.35 bits per heavy atom. The molecule has 104 valence electrons. The Hall–Kier alpha value is -2.30. The van der Waals surface area contributed by atoms with Crippen LogP contribution in [0.15, 0.2) is 35.3 Å². The number of hydrogen-bond acceptors (Lipinski definition) is 3. The zero-order valence-corrected chi connectivity index (χ0v) is 11.3. The number of amides is 1. The summed E-state index contributed by atoms with van der Waals surface area (Å²) in [5.41, 5.74) is 6.24. The minimum Gasteiger partial charge on any atom is -0.398 e. The van der Waals surface area contributed by atoms with Crippen LogP contribution >= 0.6 is 0 Å². The van der Waals surface area contributed by atoms with Crippen molar-refractivity contribution in [2.75, 3.05) is 5.73 Å². The summed E-state index contributed by atoms with van der Waals surface area (Å²) in [6, 6.07) is 6.79. The van der Waals surface area contributed by atoms with Crippen molar-refractivity contribution in [2.45, 2.75) is 31.8 Å². The van der Waals surface area contributed by atoms with E-state index in [0.29, 0.717) is 11.1 Å². The monoisotopic (exact) mass is 271 g/mol. The van der Waals surface area contributed by atoms with Crippen LogP contribution in [0.1, 0.15) is 25.8 Å². The molecule has 0 spiro atoms. The average Bonchev–Trinajstić information content (AvgIpc) is 3.23. The van der Waals surface area contributed by atoms with Gasteiger partial charge >= 0.3 is 0 Å². The Bertz CT molecular complexity index is 731. The van der Waals surface area contributed by atoms with Crippen LogP contribution < -0.4 is 16.6 Å². The molecule has 3 rings (SSSR count). The van der Waals surface area contributed by atoms with Crippen LogP contribution in [0.2, 0.25) is 0 Å². The first-order chi connectivity index (χ1) is 9.58. The van der Waals surface area contributed by atoms with Crippen LogP contribution in [0.25, 0.3) is 10.8 Å². The molecule has 1 saturated carbocycles. The first-order valence-corrected chi connectivity index (χ1v) is 6.77. The molecule has 1 atom stereocenters. The molecule has 0 radical (unpaired) electrons. The summed E-state index contributed by atoms with van der Waals surface area (Å²) >= 11 is 0. The van der Waals surface area contributed by atoms with Crippen molar-refractivity contribution in [1.82, 2.24) is 9.88 Å². The molecule has 0 bridgehead atoms. The van der Waals surface area contributed by atoms with Gasteiger partial charge in [-0.2, -0.15) is 0 Å². The van der Waals surface area contributed by atoms with Gasteiger partial charge in [0.2, 0.25) is 5.91 Å². The molecule has 2 aromatic rings. The van der Waals surface area contributed by atoms with Crippen molar-refractivity contribution in [2.24, 2.45) is 0 Å². The molecule has 1 aliphatic carbocycles. The third kappa shape index (κ3) is 2.15. The molecule has 20 heavy (non-hydrogen) atoms. The molecular weight excluding hydrogens is 254 g/mol. The topological polar surface area (TPSA) is 77.1 Å². The fourth-order valence-electron chi connectivity index (χ4n) is 2.30. The molecule has 1 aromatic carbocycles. The molecule has 3 N–H and O–H groups in total. The second-order valence-corrected chi connectivity index (χ2v) is 5.30. The van der Waals surface area contributed by atoms with Gasteiger partial charge in [0.1, 0.15) is 6.04 Å². The number of rotatable bonds is 3. The van der Waals surface area contributed by atoms with Gasteiger partial charge in [-0.05, 0) is 38.0 Å². The third-order valence-corrected chi connectivity index (χ3v) is 3.73. The maximum absolute atomic E-state index is 12.5. The number of aromatic nitrogens is 1. The van der Waals surface area contributed by atoms with Crippen molar-refractivity contribution in [3.8, 4) is 0 Å². The van der Waals surface area contributed by atoms with E-state index in [1.54, 1.807) is 37.4 Å². The summed E-state index contributed by atoms with van der Waals surface area (Å²) in [5, 5.41) is 4.18. The van der Waals surface area contributed by atoms with Crippen molar-refractivity contribution < 1.29 is 4.79 Å². The van der Waals surface area contributed by atoms with Gasteiger partial charge in [0.15, 0.2) is 0 Å². The van der Waals surface area contributed by atoms with E-state index in [0.717, 1.165) is 18.2 Å². The Morgan fingerprint density at radius 3 is 2.80 bits per heavy atom. The highest BCUT2D eigenvalue weighted by Crippen LogP contribution is 2.21. The number of anilines is 1. The van der Waals surface area contributed by atoms with E-state index in [9.17, 15) is 9.59 Å². The number of hydrogen-bond donors (Lipinski definition) is 2. The molecule has 0 saturated heterocycles. The first kappa shape index (κ1) is 12.7. The van der Waals surface area contributed by atoms with Crippen molar-refractivity contribution >= 4 is 22.4 Å². The predicted molar refractivity (Wildman–Crippen MR) is 78.5 cm³/mol. The molecule has 1 aliphatic rings. The van der Waals surface area contributed by atoms with E-state index in [2.05, 4.69) is 5.32 Å². The lowest BCUT2D eigenvalue weighted by molar-refractivity contribution is -0.124. The fraction of sp³-hybridized carbons (Fsp3) is 0.333. The predicted octanol–water partition coefficient (Wildman–Crippen LogP) is 1.42. The summed E-state index contributed by atoms with van der Waals surface area (Å²) < 4.78 is 1.46. The Morgan fingerprint density at radius 2 is 2.10 bits per heavy atom. The van der Waals surface area contributed by atoms with Crippen molar-refractivity contribution in [3.05, 3.63) is 40.8 Å². The number of nitrogens with zero attached hydrogens (tertiary/aromatic N) is 1. The molecule has 1 fully saturated rings. The summed E-state index contributed by atoms with van der Waals surface area (Å²) in [6.45, 7) is 1.73. The number of carbonyl (C=O) groups excluding carboxylic acids is 1. The van der Waals surface area contributed by atoms with E-state index in [4.69, 9.17) is 5.73 Å². The number of benzene rings is 1. The highest BCUT2D eigenvalue weighted by atomic mass is 16.2. The molecule has 1 heterocycles. The second-order valence-electron chi connectivity index (χ2n) is 5.30. The number of carbonyl (C=O) groups is 1. The number of fused-ring (bicyclic) bond motifs is 1. The fourth-order valence-corrected chi connectivity index (χ4v) is 2.30. The van der Waals surface area contributed by atoms with E-state index >= 15 is 0 Å². The smallest absolute Gasteiger partial charge is 0.259 e. The lowest BCUT2D eigenvalue weighted by Gasteiger charge is -2.16. The largest absolute Gasteiger partial charge is 0.398 e. The van der Waals surface area contributed by atoms with Crippen LogP contribution in [0.3, 0.4) is 0 Å². The number of pyridine rings is 1. The van der Waals surface area contributed by atoms with E-state index in [-0.39, 0.29) is 17.5 Å². The van der Waals surface area contributed by atoms with Crippen molar-refractivity contribution in [3.63, 3.8) is 0 Å². The second kappa shape index (κ2) is 4.67. The Labute approximate surface area is 116 Å². The SMILES string of the molecule is C[C@H](C(=O)NC1CC1)n1ccc2c(N)cccc2c1=O. The van der Waals surface area contributed by atoms with E-state index < -0.39 is 6.04 Å². The molecule has 5 heteroatoms. The Kier molecular flexibility index (Phi) is 2.97. The Balaban J connectivity index is 2.01. The van der Waals surface area contributed by atoms with Gasteiger partial charge in [-0.15, -0.1) is 0 Å². The van der Waals surface area contributed by atoms with Gasteiger partial charge in [-0.25, -0.2) is 0 Å². The molecule has 0 aliphatic heterocycles. The normalized spacial score (nSPS) is 16.1.